The van der Waals surface area contributed by atoms with Gasteiger partial charge in [0.1, 0.15) is 6.04 Å². The standard InChI is InChI=1S/C25H31N3O4/c1-25(2,3)22(24(30)28-31)27-23(29)21-13-11-19(12-14-21)6-5-18-7-9-20(10-8-18)17-26-15-16-32-4/h7-14,22,26,31H,15-17H2,1-4H3,(H,27,29)(H,28,30). The summed E-state index contributed by atoms with van der Waals surface area (Å²) in [6.07, 6.45) is 0. The summed E-state index contributed by atoms with van der Waals surface area (Å²) in [4.78, 5) is 24.4. The van der Waals surface area contributed by atoms with Gasteiger partial charge in [0, 0.05) is 36.9 Å². The molecule has 0 radical (unpaired) electrons. The van der Waals surface area contributed by atoms with E-state index in [1.807, 2.05) is 24.3 Å². The van der Waals surface area contributed by atoms with Crippen LogP contribution in [0.4, 0.5) is 0 Å². The van der Waals surface area contributed by atoms with Crippen molar-refractivity contribution >= 4 is 11.8 Å². The minimum Gasteiger partial charge on any atom is -0.383 e. The van der Waals surface area contributed by atoms with Crippen LogP contribution in [0.15, 0.2) is 48.5 Å². The minimum atomic E-state index is -0.877. The summed E-state index contributed by atoms with van der Waals surface area (Å²) < 4.78 is 5.01. The van der Waals surface area contributed by atoms with E-state index in [1.165, 1.54) is 5.56 Å². The van der Waals surface area contributed by atoms with Crippen molar-refractivity contribution in [3.63, 3.8) is 0 Å². The Morgan fingerprint density at radius 3 is 2.06 bits per heavy atom. The number of carbonyl (C=O) groups excluding carboxylic acids is 2. The van der Waals surface area contributed by atoms with E-state index in [9.17, 15) is 9.59 Å². The highest BCUT2D eigenvalue weighted by Crippen LogP contribution is 2.20. The molecule has 1 unspecified atom stereocenters. The van der Waals surface area contributed by atoms with Gasteiger partial charge in [-0.15, -0.1) is 0 Å². The molecular formula is C25H31N3O4. The maximum atomic E-state index is 12.5. The van der Waals surface area contributed by atoms with Crippen molar-refractivity contribution in [3.05, 3.63) is 70.8 Å². The Labute approximate surface area is 189 Å². The Morgan fingerprint density at radius 1 is 1.00 bits per heavy atom. The number of ether oxygens (including phenoxy) is 1. The summed E-state index contributed by atoms with van der Waals surface area (Å²) in [5.41, 5.74) is 4.29. The molecule has 7 heteroatoms. The lowest BCUT2D eigenvalue weighted by Gasteiger charge is -2.29. The third-order valence-electron chi connectivity index (χ3n) is 4.78. The first-order valence-electron chi connectivity index (χ1n) is 10.4. The molecule has 2 amide bonds. The van der Waals surface area contributed by atoms with Gasteiger partial charge in [-0.05, 0) is 47.4 Å². The van der Waals surface area contributed by atoms with Crippen molar-refractivity contribution in [2.24, 2.45) is 5.41 Å². The largest absolute Gasteiger partial charge is 0.383 e. The lowest BCUT2D eigenvalue weighted by molar-refractivity contribution is -0.133. The summed E-state index contributed by atoms with van der Waals surface area (Å²) in [5.74, 6) is 5.14. The molecule has 0 fully saturated rings. The Bertz CT molecular complexity index is 952. The first kappa shape index (κ1) is 25.1. The molecule has 0 heterocycles. The molecule has 0 bridgehead atoms. The number of hydrogen-bond acceptors (Lipinski definition) is 5. The molecule has 0 spiro atoms. The fraction of sp³-hybridized carbons (Fsp3) is 0.360. The van der Waals surface area contributed by atoms with Crippen LogP contribution in [0.1, 0.15) is 47.8 Å². The van der Waals surface area contributed by atoms with Crippen molar-refractivity contribution in [3.8, 4) is 11.8 Å². The number of amides is 2. The fourth-order valence-electron chi connectivity index (χ4n) is 2.92. The number of hydroxylamine groups is 1. The average Bonchev–Trinajstić information content (AvgIpc) is 2.78. The third-order valence-corrected chi connectivity index (χ3v) is 4.78. The van der Waals surface area contributed by atoms with Gasteiger partial charge in [-0.3, -0.25) is 14.8 Å². The van der Waals surface area contributed by atoms with Gasteiger partial charge in [0.15, 0.2) is 0 Å². The summed E-state index contributed by atoms with van der Waals surface area (Å²) in [7, 11) is 1.68. The lowest BCUT2D eigenvalue weighted by Crippen LogP contribution is -2.53. The summed E-state index contributed by atoms with van der Waals surface area (Å²) >= 11 is 0. The van der Waals surface area contributed by atoms with E-state index in [0.29, 0.717) is 12.2 Å². The second-order valence-corrected chi connectivity index (χ2v) is 8.44. The van der Waals surface area contributed by atoms with Gasteiger partial charge in [-0.2, -0.15) is 0 Å². The zero-order chi connectivity index (χ0) is 23.6. The quantitative estimate of drug-likeness (QED) is 0.220. The van der Waals surface area contributed by atoms with Gasteiger partial charge >= 0.3 is 0 Å². The highest BCUT2D eigenvalue weighted by molar-refractivity contribution is 5.97. The Balaban J connectivity index is 1.99. The number of rotatable bonds is 8. The van der Waals surface area contributed by atoms with Crippen LogP contribution in [-0.2, 0) is 16.1 Å². The van der Waals surface area contributed by atoms with Crippen LogP contribution >= 0.6 is 0 Å². The second-order valence-electron chi connectivity index (χ2n) is 8.44. The molecule has 0 aromatic heterocycles. The predicted molar refractivity (Wildman–Crippen MR) is 123 cm³/mol. The average molecular weight is 438 g/mol. The molecule has 32 heavy (non-hydrogen) atoms. The van der Waals surface area contributed by atoms with Crippen LogP contribution in [-0.4, -0.2) is 43.3 Å². The van der Waals surface area contributed by atoms with Gasteiger partial charge in [0.25, 0.3) is 11.8 Å². The maximum absolute atomic E-state index is 12.5. The van der Waals surface area contributed by atoms with Crippen molar-refractivity contribution in [1.82, 2.24) is 16.1 Å². The Hall–Kier alpha value is -3.18. The first-order chi connectivity index (χ1) is 15.2. The summed E-state index contributed by atoms with van der Waals surface area (Å²) in [6, 6.07) is 14.0. The van der Waals surface area contributed by atoms with Gasteiger partial charge in [-0.25, -0.2) is 5.48 Å². The van der Waals surface area contributed by atoms with E-state index in [1.54, 1.807) is 57.6 Å². The smallest absolute Gasteiger partial charge is 0.266 e. The number of nitrogens with one attached hydrogen (secondary N) is 3. The normalized spacial score (nSPS) is 11.8. The number of methoxy groups -OCH3 is 1. The van der Waals surface area contributed by atoms with E-state index < -0.39 is 23.3 Å². The fourth-order valence-corrected chi connectivity index (χ4v) is 2.92. The number of benzene rings is 2. The van der Waals surface area contributed by atoms with Gasteiger partial charge in [-0.1, -0.05) is 44.7 Å². The minimum absolute atomic E-state index is 0.400. The highest BCUT2D eigenvalue weighted by atomic mass is 16.5. The van der Waals surface area contributed by atoms with E-state index in [2.05, 4.69) is 22.5 Å². The van der Waals surface area contributed by atoms with E-state index in [0.717, 1.165) is 24.2 Å². The molecule has 0 aliphatic rings. The van der Waals surface area contributed by atoms with Gasteiger partial charge in [0.2, 0.25) is 0 Å². The number of carbonyl (C=O) groups is 2. The van der Waals surface area contributed by atoms with E-state index in [4.69, 9.17) is 9.94 Å². The van der Waals surface area contributed by atoms with Crippen molar-refractivity contribution in [2.75, 3.05) is 20.3 Å². The molecule has 0 aliphatic carbocycles. The molecule has 1 atom stereocenters. The van der Waals surface area contributed by atoms with Gasteiger partial charge < -0.3 is 15.4 Å². The topological polar surface area (TPSA) is 99.7 Å². The monoisotopic (exact) mass is 437 g/mol. The zero-order valence-electron chi connectivity index (χ0n) is 19.0. The Morgan fingerprint density at radius 2 is 1.56 bits per heavy atom. The Kier molecular flexibility index (Phi) is 9.41. The lowest BCUT2D eigenvalue weighted by atomic mass is 9.86. The van der Waals surface area contributed by atoms with Crippen molar-refractivity contribution in [2.45, 2.75) is 33.4 Å². The summed E-state index contributed by atoms with van der Waals surface area (Å²) in [6.45, 7) is 7.66. The molecule has 0 aliphatic heterocycles. The predicted octanol–water partition coefficient (Wildman–Crippen LogP) is 2.47. The molecule has 2 aromatic carbocycles. The zero-order valence-corrected chi connectivity index (χ0v) is 19.0. The molecule has 0 saturated heterocycles. The van der Waals surface area contributed by atoms with Crippen LogP contribution < -0.4 is 16.1 Å². The highest BCUT2D eigenvalue weighted by Gasteiger charge is 2.32. The van der Waals surface area contributed by atoms with Crippen molar-refractivity contribution < 1.29 is 19.5 Å². The third kappa shape index (κ3) is 7.82. The van der Waals surface area contributed by atoms with Crippen molar-refractivity contribution in [1.29, 1.82) is 0 Å². The van der Waals surface area contributed by atoms with Crippen LogP contribution in [0.2, 0.25) is 0 Å². The second kappa shape index (κ2) is 12.0. The van der Waals surface area contributed by atoms with Crippen LogP contribution in [0.3, 0.4) is 0 Å². The van der Waals surface area contributed by atoms with Gasteiger partial charge in [0.05, 0.1) is 6.61 Å². The first-order valence-corrected chi connectivity index (χ1v) is 10.4. The van der Waals surface area contributed by atoms with Crippen LogP contribution in [0.5, 0.6) is 0 Å². The maximum Gasteiger partial charge on any atom is 0.266 e. The molecule has 2 rings (SSSR count). The SMILES string of the molecule is COCCNCc1ccc(C#Cc2ccc(C(=O)NC(C(=O)NO)C(C)(C)C)cc2)cc1. The number of hydrogen-bond donors (Lipinski definition) is 4. The molecule has 4 N–H and O–H groups in total. The van der Waals surface area contributed by atoms with E-state index in [-0.39, 0.29) is 0 Å². The molecule has 170 valence electrons. The van der Waals surface area contributed by atoms with Crippen LogP contribution in [0, 0.1) is 17.3 Å². The molecule has 0 saturated carbocycles. The summed E-state index contributed by atoms with van der Waals surface area (Å²) in [5, 5.41) is 14.9. The molecular weight excluding hydrogens is 406 g/mol. The van der Waals surface area contributed by atoms with Crippen LogP contribution in [0.25, 0.3) is 0 Å². The van der Waals surface area contributed by atoms with E-state index >= 15 is 0 Å². The molecule has 7 nitrogen and oxygen atoms in total. The molecule has 2 aromatic rings.